The number of nitrogens with one attached hydrogen (secondary N) is 1. The van der Waals surface area contributed by atoms with Crippen LogP contribution in [-0.4, -0.2) is 38.7 Å². The Balaban J connectivity index is 1.63. The minimum absolute atomic E-state index is 0.0743. The number of hydrogen-bond acceptors (Lipinski definition) is 4. The number of H-pyrrole nitrogens is 1. The van der Waals surface area contributed by atoms with Crippen LogP contribution < -0.4 is 11.1 Å². The molecule has 0 aliphatic carbocycles. The third kappa shape index (κ3) is 4.53. The molecule has 7 heteroatoms. The van der Waals surface area contributed by atoms with Crippen molar-refractivity contribution in [3.05, 3.63) is 62.4 Å². The van der Waals surface area contributed by atoms with Crippen LogP contribution in [0.1, 0.15) is 49.7 Å². The van der Waals surface area contributed by atoms with Gasteiger partial charge in [-0.05, 0) is 30.9 Å². The first-order chi connectivity index (χ1) is 12.7. The minimum atomic E-state index is -0.222. The van der Waals surface area contributed by atoms with E-state index < -0.39 is 0 Å². The highest BCUT2D eigenvalue weighted by atomic mass is 16.2. The molecule has 1 aliphatic rings. The van der Waals surface area contributed by atoms with E-state index >= 15 is 0 Å². The molecule has 3 rings (SSSR count). The topological polar surface area (TPSA) is 88.1 Å². The number of rotatable bonds is 3. The van der Waals surface area contributed by atoms with Gasteiger partial charge in [0.15, 0.2) is 0 Å². The van der Waals surface area contributed by atoms with Crippen molar-refractivity contribution in [2.75, 3.05) is 13.1 Å². The standard InChI is InChI=1S/C20H26N4O3/c1-20(2,3)16-5-7-18(26)24(22-16)13-14-8-10-23(11-9-14)19(27)15-4-6-17(25)21-12-15/h4-7,12,14H,8-11,13H2,1-3H3,(H,21,25). The largest absolute Gasteiger partial charge is 0.339 e. The Hall–Kier alpha value is -2.70. The first-order valence-corrected chi connectivity index (χ1v) is 9.31. The van der Waals surface area contributed by atoms with Gasteiger partial charge in [-0.1, -0.05) is 20.8 Å². The van der Waals surface area contributed by atoms with E-state index in [2.05, 4.69) is 30.9 Å². The molecule has 1 saturated heterocycles. The molecule has 1 N–H and O–H groups in total. The number of hydrogen-bond donors (Lipinski definition) is 1. The SMILES string of the molecule is CC(C)(C)c1ccc(=O)n(CC2CCN(C(=O)c3ccc(=O)[nH]c3)CC2)n1. The van der Waals surface area contributed by atoms with Crippen LogP contribution in [0.3, 0.4) is 0 Å². The molecule has 0 atom stereocenters. The van der Waals surface area contributed by atoms with E-state index in [9.17, 15) is 14.4 Å². The molecule has 0 bridgehead atoms. The van der Waals surface area contributed by atoms with Crippen LogP contribution in [0.5, 0.6) is 0 Å². The molecule has 3 heterocycles. The summed E-state index contributed by atoms with van der Waals surface area (Å²) in [6.45, 7) is 8.07. The second-order valence-electron chi connectivity index (χ2n) is 8.17. The van der Waals surface area contributed by atoms with Crippen LogP contribution in [-0.2, 0) is 12.0 Å². The monoisotopic (exact) mass is 370 g/mol. The number of amides is 1. The Kier molecular flexibility index (Phi) is 5.30. The van der Waals surface area contributed by atoms with Gasteiger partial charge >= 0.3 is 0 Å². The van der Waals surface area contributed by atoms with Crippen molar-refractivity contribution in [1.82, 2.24) is 19.7 Å². The van der Waals surface area contributed by atoms with Crippen molar-refractivity contribution in [2.24, 2.45) is 5.92 Å². The molecule has 7 nitrogen and oxygen atoms in total. The molecule has 2 aromatic heterocycles. The van der Waals surface area contributed by atoms with E-state index in [4.69, 9.17) is 0 Å². The highest BCUT2D eigenvalue weighted by molar-refractivity contribution is 5.93. The smallest absolute Gasteiger partial charge is 0.266 e. The van der Waals surface area contributed by atoms with Crippen LogP contribution in [0.15, 0.2) is 40.1 Å². The maximum absolute atomic E-state index is 12.5. The third-order valence-electron chi connectivity index (χ3n) is 5.00. The molecule has 0 aromatic carbocycles. The normalized spacial score (nSPS) is 15.7. The third-order valence-corrected chi connectivity index (χ3v) is 5.00. The van der Waals surface area contributed by atoms with Crippen LogP contribution in [0.4, 0.5) is 0 Å². The van der Waals surface area contributed by atoms with E-state index in [-0.39, 0.29) is 22.4 Å². The lowest BCUT2D eigenvalue weighted by Gasteiger charge is -2.32. The zero-order chi connectivity index (χ0) is 19.6. The molecule has 0 saturated carbocycles. The fourth-order valence-electron chi connectivity index (χ4n) is 3.27. The summed E-state index contributed by atoms with van der Waals surface area (Å²) in [7, 11) is 0. The van der Waals surface area contributed by atoms with Crippen LogP contribution in [0.25, 0.3) is 0 Å². The van der Waals surface area contributed by atoms with Gasteiger partial charge in [0.1, 0.15) is 0 Å². The molecule has 0 radical (unpaired) electrons. The predicted octanol–water partition coefficient (Wildman–Crippen LogP) is 1.78. The van der Waals surface area contributed by atoms with Gasteiger partial charge in [-0.2, -0.15) is 5.10 Å². The molecule has 1 aliphatic heterocycles. The van der Waals surface area contributed by atoms with Crippen LogP contribution in [0.2, 0.25) is 0 Å². The summed E-state index contributed by atoms with van der Waals surface area (Å²) in [6, 6.07) is 6.29. The Labute approximate surface area is 158 Å². The summed E-state index contributed by atoms with van der Waals surface area (Å²) in [5.41, 5.74) is 0.967. The summed E-state index contributed by atoms with van der Waals surface area (Å²) in [5, 5.41) is 4.54. The number of carbonyl (C=O) groups is 1. The molecular formula is C20H26N4O3. The second kappa shape index (κ2) is 7.50. The Morgan fingerprint density at radius 1 is 1.15 bits per heavy atom. The fraction of sp³-hybridized carbons (Fsp3) is 0.500. The van der Waals surface area contributed by atoms with Gasteiger partial charge in [-0.25, -0.2) is 4.68 Å². The zero-order valence-electron chi connectivity index (χ0n) is 16.1. The molecular weight excluding hydrogens is 344 g/mol. The highest BCUT2D eigenvalue weighted by Crippen LogP contribution is 2.21. The Morgan fingerprint density at radius 2 is 1.85 bits per heavy atom. The van der Waals surface area contributed by atoms with E-state index in [0.717, 1.165) is 18.5 Å². The molecule has 0 spiro atoms. The first-order valence-electron chi connectivity index (χ1n) is 9.31. The first kappa shape index (κ1) is 19.1. The molecule has 1 fully saturated rings. The van der Waals surface area contributed by atoms with Gasteiger partial charge in [0.2, 0.25) is 5.56 Å². The number of aromatic amines is 1. The maximum atomic E-state index is 12.5. The zero-order valence-corrected chi connectivity index (χ0v) is 16.1. The van der Waals surface area contributed by atoms with Gasteiger partial charge in [0.05, 0.1) is 11.3 Å². The number of likely N-dealkylation sites (tertiary alicyclic amines) is 1. The van der Waals surface area contributed by atoms with E-state index in [0.29, 0.717) is 31.1 Å². The number of piperidine rings is 1. The van der Waals surface area contributed by atoms with Gasteiger partial charge < -0.3 is 9.88 Å². The lowest BCUT2D eigenvalue weighted by Crippen LogP contribution is -2.40. The Morgan fingerprint density at radius 3 is 2.44 bits per heavy atom. The van der Waals surface area contributed by atoms with Gasteiger partial charge in [-0.3, -0.25) is 14.4 Å². The predicted molar refractivity (Wildman–Crippen MR) is 103 cm³/mol. The fourth-order valence-corrected chi connectivity index (χ4v) is 3.27. The van der Waals surface area contributed by atoms with Crippen molar-refractivity contribution < 1.29 is 4.79 Å². The quantitative estimate of drug-likeness (QED) is 0.892. The molecule has 27 heavy (non-hydrogen) atoms. The van der Waals surface area contributed by atoms with Gasteiger partial charge in [0.25, 0.3) is 11.5 Å². The summed E-state index contributed by atoms with van der Waals surface area (Å²) >= 11 is 0. The van der Waals surface area contributed by atoms with Crippen molar-refractivity contribution in [1.29, 1.82) is 0 Å². The molecule has 1 amide bonds. The van der Waals surface area contributed by atoms with Crippen molar-refractivity contribution >= 4 is 5.91 Å². The minimum Gasteiger partial charge on any atom is -0.339 e. The van der Waals surface area contributed by atoms with Crippen molar-refractivity contribution in [2.45, 2.75) is 45.6 Å². The molecule has 2 aromatic rings. The number of pyridine rings is 1. The van der Waals surface area contributed by atoms with Crippen molar-refractivity contribution in [3.8, 4) is 0 Å². The lowest BCUT2D eigenvalue weighted by molar-refractivity contribution is 0.0679. The average Bonchev–Trinajstić information content (AvgIpc) is 2.63. The summed E-state index contributed by atoms with van der Waals surface area (Å²) in [5.74, 6) is 0.236. The number of carbonyl (C=O) groups excluding carboxylic acids is 1. The van der Waals surface area contributed by atoms with E-state index in [1.807, 2.05) is 0 Å². The summed E-state index contributed by atoms with van der Waals surface area (Å²) < 4.78 is 1.56. The van der Waals surface area contributed by atoms with E-state index in [1.54, 1.807) is 27.8 Å². The summed E-state index contributed by atoms with van der Waals surface area (Å²) in [6.07, 6.45) is 3.10. The maximum Gasteiger partial charge on any atom is 0.266 e. The molecule has 144 valence electrons. The lowest BCUT2D eigenvalue weighted by atomic mass is 9.92. The second-order valence-corrected chi connectivity index (χ2v) is 8.17. The molecule has 0 unspecified atom stereocenters. The number of nitrogens with zero attached hydrogens (tertiary/aromatic N) is 3. The number of aromatic nitrogens is 3. The summed E-state index contributed by atoms with van der Waals surface area (Å²) in [4.78, 5) is 40.2. The van der Waals surface area contributed by atoms with Crippen molar-refractivity contribution in [3.63, 3.8) is 0 Å². The van der Waals surface area contributed by atoms with E-state index in [1.165, 1.54) is 12.3 Å². The van der Waals surface area contributed by atoms with Crippen LogP contribution >= 0.6 is 0 Å². The van der Waals surface area contributed by atoms with Crippen LogP contribution in [0, 0.1) is 5.92 Å². The van der Waals surface area contributed by atoms with Gasteiger partial charge in [0, 0.05) is 43.4 Å². The van der Waals surface area contributed by atoms with Gasteiger partial charge in [-0.15, -0.1) is 0 Å². The Bertz CT molecular complexity index is 911. The average molecular weight is 370 g/mol. The highest BCUT2D eigenvalue weighted by Gasteiger charge is 2.25.